The van der Waals surface area contributed by atoms with Crippen LogP contribution in [0.25, 0.3) is 10.2 Å². The molecule has 4 aromatic rings. The van der Waals surface area contributed by atoms with E-state index < -0.39 is 10.0 Å². The highest BCUT2D eigenvalue weighted by Crippen LogP contribution is 2.36. The minimum absolute atomic E-state index is 0.0758. The monoisotopic (exact) mass is 555 g/mol. The van der Waals surface area contributed by atoms with Crippen molar-refractivity contribution in [2.75, 3.05) is 22.8 Å². The molecule has 1 aliphatic rings. The Labute approximate surface area is 225 Å². The van der Waals surface area contributed by atoms with Crippen LogP contribution in [-0.4, -0.2) is 38.6 Å². The van der Waals surface area contributed by atoms with Crippen molar-refractivity contribution in [3.05, 3.63) is 82.4 Å². The lowest BCUT2D eigenvalue weighted by Crippen LogP contribution is -2.37. The average Bonchev–Trinajstić information content (AvgIpc) is 3.56. The summed E-state index contributed by atoms with van der Waals surface area (Å²) in [4.78, 5) is 20.3. The molecule has 0 aliphatic carbocycles. The SMILES string of the molecule is Cc1ccc(S(=O)(=O)Nc2ccc(C(=O)N(CC3CCCO3)c3nc4c(C)ccc(Cl)c4s3)cc2)cc1. The van der Waals surface area contributed by atoms with Gasteiger partial charge in [-0.3, -0.25) is 14.4 Å². The average molecular weight is 556 g/mol. The minimum atomic E-state index is -3.74. The summed E-state index contributed by atoms with van der Waals surface area (Å²) in [6.45, 7) is 4.90. The van der Waals surface area contributed by atoms with Gasteiger partial charge in [0.15, 0.2) is 5.13 Å². The zero-order valence-electron chi connectivity index (χ0n) is 20.4. The van der Waals surface area contributed by atoms with Gasteiger partial charge in [-0.05, 0) is 74.7 Å². The molecule has 10 heteroatoms. The first-order chi connectivity index (χ1) is 17.7. The number of hydrogen-bond donors (Lipinski definition) is 1. The fraction of sp³-hybridized carbons (Fsp3) is 0.259. The molecule has 1 atom stereocenters. The lowest BCUT2D eigenvalue weighted by atomic mass is 10.1. The van der Waals surface area contributed by atoms with Gasteiger partial charge in [0.1, 0.15) is 0 Å². The molecule has 1 aromatic heterocycles. The molecule has 1 aliphatic heterocycles. The summed E-state index contributed by atoms with van der Waals surface area (Å²) in [5.74, 6) is -0.240. The molecule has 0 saturated carbocycles. The predicted octanol–water partition coefficient (Wildman–Crippen LogP) is 6.19. The zero-order chi connectivity index (χ0) is 26.2. The van der Waals surface area contributed by atoms with Gasteiger partial charge >= 0.3 is 0 Å². The van der Waals surface area contributed by atoms with Gasteiger partial charge in [-0.25, -0.2) is 13.4 Å². The molecule has 0 radical (unpaired) electrons. The van der Waals surface area contributed by atoms with E-state index in [0.29, 0.717) is 34.6 Å². The highest BCUT2D eigenvalue weighted by molar-refractivity contribution is 7.92. The van der Waals surface area contributed by atoms with Crippen molar-refractivity contribution in [3.63, 3.8) is 0 Å². The molecule has 7 nitrogen and oxygen atoms in total. The van der Waals surface area contributed by atoms with Crippen molar-refractivity contribution in [1.29, 1.82) is 0 Å². The van der Waals surface area contributed by atoms with Crippen LogP contribution in [-0.2, 0) is 14.8 Å². The number of nitrogens with zero attached hydrogens (tertiary/aromatic N) is 2. The molecule has 3 aromatic carbocycles. The Balaban J connectivity index is 1.42. The van der Waals surface area contributed by atoms with E-state index in [-0.39, 0.29) is 16.9 Å². The highest BCUT2D eigenvalue weighted by atomic mass is 35.5. The third-order valence-corrected chi connectivity index (χ3v) is 9.22. The van der Waals surface area contributed by atoms with Gasteiger partial charge in [0.25, 0.3) is 15.9 Å². The van der Waals surface area contributed by atoms with E-state index in [1.54, 1.807) is 53.4 Å². The Morgan fingerprint density at radius 3 is 2.49 bits per heavy atom. The Kier molecular flexibility index (Phi) is 7.22. The molecule has 37 heavy (non-hydrogen) atoms. The first-order valence-electron chi connectivity index (χ1n) is 11.9. The van der Waals surface area contributed by atoms with Crippen LogP contribution < -0.4 is 9.62 Å². The number of benzene rings is 3. The molecule has 1 amide bonds. The molecule has 0 bridgehead atoms. The Hall–Kier alpha value is -2.98. The number of fused-ring (bicyclic) bond motifs is 1. The molecule has 0 spiro atoms. The van der Waals surface area contributed by atoms with Crippen LogP contribution in [0.4, 0.5) is 10.8 Å². The molecule has 1 N–H and O–H groups in total. The third-order valence-electron chi connectivity index (χ3n) is 6.29. The lowest BCUT2D eigenvalue weighted by molar-refractivity contribution is 0.0917. The molecule has 5 rings (SSSR count). The summed E-state index contributed by atoms with van der Waals surface area (Å²) in [6, 6.07) is 16.8. The number of aromatic nitrogens is 1. The van der Waals surface area contributed by atoms with Gasteiger partial charge in [-0.15, -0.1) is 0 Å². The number of anilines is 2. The van der Waals surface area contributed by atoms with Gasteiger partial charge in [-0.2, -0.15) is 0 Å². The number of thiazole rings is 1. The standard InChI is InChI=1S/C27H26ClN3O4S2/c1-17-5-12-22(13-6-17)37(33,34)30-20-10-8-19(9-11-20)26(32)31(16-21-4-3-15-35-21)27-29-24-18(2)7-14-23(28)25(24)36-27/h5-14,21,30H,3-4,15-16H2,1-2H3. The predicted molar refractivity (Wildman–Crippen MR) is 148 cm³/mol. The number of amides is 1. The third kappa shape index (κ3) is 5.50. The number of rotatable bonds is 7. The first kappa shape index (κ1) is 25.7. The quantitative estimate of drug-likeness (QED) is 0.293. The smallest absolute Gasteiger partial charge is 0.261 e. The fourth-order valence-corrected chi connectivity index (χ4v) is 6.60. The minimum Gasteiger partial charge on any atom is -0.376 e. The van der Waals surface area contributed by atoms with Crippen LogP contribution in [0.2, 0.25) is 5.02 Å². The number of halogens is 1. The molecule has 1 unspecified atom stereocenters. The zero-order valence-corrected chi connectivity index (χ0v) is 22.8. The van der Waals surface area contributed by atoms with Crippen molar-refractivity contribution in [2.45, 2.75) is 37.7 Å². The lowest BCUT2D eigenvalue weighted by Gasteiger charge is -2.23. The van der Waals surface area contributed by atoms with Crippen LogP contribution in [0, 0.1) is 13.8 Å². The maximum absolute atomic E-state index is 13.7. The number of ether oxygens (including phenoxy) is 1. The van der Waals surface area contributed by atoms with Crippen LogP contribution in [0.5, 0.6) is 0 Å². The van der Waals surface area contributed by atoms with E-state index in [0.717, 1.165) is 34.2 Å². The van der Waals surface area contributed by atoms with Crippen LogP contribution in [0.3, 0.4) is 0 Å². The largest absolute Gasteiger partial charge is 0.376 e. The first-order valence-corrected chi connectivity index (χ1v) is 14.6. The topological polar surface area (TPSA) is 88.6 Å². The molecular weight excluding hydrogens is 530 g/mol. The summed E-state index contributed by atoms with van der Waals surface area (Å²) >= 11 is 7.80. The van der Waals surface area contributed by atoms with E-state index in [1.807, 2.05) is 26.0 Å². The van der Waals surface area contributed by atoms with E-state index in [9.17, 15) is 13.2 Å². The van der Waals surface area contributed by atoms with Crippen molar-refractivity contribution in [3.8, 4) is 0 Å². The number of aryl methyl sites for hydroxylation is 2. The maximum atomic E-state index is 13.7. The normalized spacial score (nSPS) is 15.7. The fourth-order valence-electron chi connectivity index (χ4n) is 4.21. The maximum Gasteiger partial charge on any atom is 0.261 e. The second-order valence-electron chi connectivity index (χ2n) is 9.09. The van der Waals surface area contributed by atoms with Crippen LogP contribution in [0.15, 0.2) is 65.6 Å². The highest BCUT2D eigenvalue weighted by Gasteiger charge is 2.28. The van der Waals surface area contributed by atoms with Crippen molar-refractivity contribution < 1.29 is 17.9 Å². The molecular formula is C27H26ClN3O4S2. The van der Waals surface area contributed by atoms with Crippen molar-refractivity contribution >= 4 is 59.9 Å². The van der Waals surface area contributed by atoms with E-state index >= 15 is 0 Å². The second-order valence-corrected chi connectivity index (χ2v) is 12.2. The Morgan fingerprint density at radius 2 is 1.84 bits per heavy atom. The number of nitrogens with one attached hydrogen (secondary N) is 1. The number of hydrogen-bond acceptors (Lipinski definition) is 6. The summed E-state index contributed by atoms with van der Waals surface area (Å²) in [5, 5.41) is 1.15. The summed E-state index contributed by atoms with van der Waals surface area (Å²) in [5.41, 5.74) is 3.51. The Bertz CT molecular complexity index is 1510. The van der Waals surface area contributed by atoms with Crippen LogP contribution in [0.1, 0.15) is 34.3 Å². The molecule has 1 saturated heterocycles. The van der Waals surface area contributed by atoms with Gasteiger partial charge in [0.2, 0.25) is 0 Å². The molecule has 1 fully saturated rings. The van der Waals surface area contributed by atoms with Gasteiger partial charge in [0.05, 0.1) is 32.8 Å². The number of carbonyl (C=O) groups is 1. The molecule has 192 valence electrons. The van der Waals surface area contributed by atoms with Crippen LogP contribution >= 0.6 is 22.9 Å². The molecule has 2 heterocycles. The van der Waals surface area contributed by atoms with Gasteiger partial charge in [0, 0.05) is 17.9 Å². The van der Waals surface area contributed by atoms with Gasteiger partial charge < -0.3 is 4.74 Å². The second kappa shape index (κ2) is 10.4. The van der Waals surface area contributed by atoms with E-state index in [2.05, 4.69) is 4.72 Å². The van der Waals surface area contributed by atoms with E-state index in [4.69, 9.17) is 21.3 Å². The van der Waals surface area contributed by atoms with Crippen molar-refractivity contribution in [1.82, 2.24) is 4.98 Å². The summed E-state index contributed by atoms with van der Waals surface area (Å²) in [7, 11) is -3.74. The van der Waals surface area contributed by atoms with E-state index in [1.165, 1.54) is 11.3 Å². The number of sulfonamides is 1. The summed E-state index contributed by atoms with van der Waals surface area (Å²) in [6.07, 6.45) is 1.75. The van der Waals surface area contributed by atoms with Gasteiger partial charge in [-0.1, -0.05) is 46.7 Å². The summed E-state index contributed by atoms with van der Waals surface area (Å²) < 4.78 is 34.7. The number of carbonyl (C=O) groups excluding carboxylic acids is 1. The Morgan fingerprint density at radius 1 is 1.11 bits per heavy atom. The van der Waals surface area contributed by atoms with Crippen molar-refractivity contribution in [2.24, 2.45) is 0 Å².